The molecule has 5 atom stereocenters. The van der Waals surface area contributed by atoms with Gasteiger partial charge < -0.3 is 32.8 Å². The van der Waals surface area contributed by atoms with Gasteiger partial charge in [-0.25, -0.2) is 4.98 Å². The number of esters is 4. The first kappa shape index (κ1) is 32.1. The maximum Gasteiger partial charge on any atom is 0.303 e. The van der Waals surface area contributed by atoms with E-state index in [1.807, 2.05) is 30.3 Å². The van der Waals surface area contributed by atoms with Gasteiger partial charge in [0, 0.05) is 39.1 Å². The van der Waals surface area contributed by atoms with Gasteiger partial charge in [-0.2, -0.15) is 0 Å². The number of para-hydroxylation sites is 1. The Bertz CT molecular complexity index is 1880. The highest BCUT2D eigenvalue weighted by atomic mass is 16.7. The minimum absolute atomic E-state index is 0.132. The van der Waals surface area contributed by atoms with E-state index in [0.717, 1.165) is 31.7 Å². The van der Waals surface area contributed by atoms with Crippen LogP contribution in [-0.2, 0) is 42.9 Å². The first-order chi connectivity index (χ1) is 21.9. The van der Waals surface area contributed by atoms with E-state index in [1.165, 1.54) is 25.1 Å². The van der Waals surface area contributed by atoms with Gasteiger partial charge in [-0.05, 0) is 31.2 Å². The third-order valence-corrected chi connectivity index (χ3v) is 7.09. The summed E-state index contributed by atoms with van der Waals surface area (Å²) in [6, 6.07) is 15.6. The van der Waals surface area contributed by atoms with Gasteiger partial charge in [0.05, 0.1) is 22.2 Å². The van der Waals surface area contributed by atoms with Crippen molar-refractivity contribution in [2.24, 2.45) is 0 Å². The molecule has 1 aliphatic heterocycles. The lowest BCUT2D eigenvalue weighted by Crippen LogP contribution is -2.63. The molecule has 0 N–H and O–H groups in total. The van der Waals surface area contributed by atoms with Gasteiger partial charge in [0.15, 0.2) is 12.2 Å². The molecule has 0 radical (unpaired) electrons. The molecule has 2 aromatic heterocycles. The van der Waals surface area contributed by atoms with Crippen molar-refractivity contribution in [1.29, 1.82) is 0 Å². The average Bonchev–Trinajstić information content (AvgIpc) is 2.98. The summed E-state index contributed by atoms with van der Waals surface area (Å²) in [6.07, 6.45) is -6.80. The Morgan fingerprint density at radius 2 is 1.48 bits per heavy atom. The number of aromatic nitrogens is 1. The van der Waals surface area contributed by atoms with E-state index in [2.05, 4.69) is 4.98 Å². The lowest BCUT2D eigenvalue weighted by atomic mass is 9.98. The fraction of sp³-hybridized carbons (Fsp3) is 0.333. The van der Waals surface area contributed by atoms with Crippen molar-refractivity contribution in [1.82, 2.24) is 4.98 Å². The van der Waals surface area contributed by atoms with Gasteiger partial charge in [0.25, 0.3) is 0 Å². The zero-order chi connectivity index (χ0) is 33.1. The second-order valence-electron chi connectivity index (χ2n) is 10.6. The number of pyridine rings is 1. The van der Waals surface area contributed by atoms with Gasteiger partial charge in [-0.3, -0.25) is 24.0 Å². The number of carbonyl (C=O) groups is 4. The van der Waals surface area contributed by atoms with E-state index in [4.69, 9.17) is 32.8 Å². The third kappa shape index (κ3) is 6.99. The van der Waals surface area contributed by atoms with Crippen LogP contribution in [0, 0.1) is 6.92 Å². The van der Waals surface area contributed by atoms with Crippen LogP contribution in [0.25, 0.3) is 33.1 Å². The van der Waals surface area contributed by atoms with Crippen LogP contribution in [0.5, 0.6) is 5.75 Å². The highest BCUT2D eigenvalue weighted by molar-refractivity contribution is 5.86. The second-order valence-corrected chi connectivity index (χ2v) is 10.6. The van der Waals surface area contributed by atoms with Crippen LogP contribution < -0.4 is 10.2 Å². The number of carbonyl (C=O) groups excluding carboxylic acids is 4. The predicted molar refractivity (Wildman–Crippen MR) is 161 cm³/mol. The number of ether oxygens (including phenoxy) is 6. The fourth-order valence-corrected chi connectivity index (χ4v) is 5.28. The Labute approximate surface area is 262 Å². The van der Waals surface area contributed by atoms with Crippen molar-refractivity contribution in [3.8, 4) is 17.0 Å². The summed E-state index contributed by atoms with van der Waals surface area (Å²) in [7, 11) is 0. The van der Waals surface area contributed by atoms with Crippen LogP contribution in [0.3, 0.4) is 0 Å². The standard InChI is InChI=1S/C33H31NO12/c1-16-28(25-13-10-21-8-6-7-9-24(21)34-25)29(39)23-12-11-22(14-26(23)41-16)45-33-32(44-20(5)38)31(43-19(4)37)30(42-18(3)36)27(46-33)15-40-17(2)35/h6-14,27,30-33H,15H2,1-5H3/t27-,30+,31-,32+,33-/m0/s1. The number of nitrogens with zero attached hydrogens (tertiary/aromatic N) is 1. The summed E-state index contributed by atoms with van der Waals surface area (Å²) >= 11 is 0. The number of fused-ring (bicyclic) bond motifs is 2. The third-order valence-electron chi connectivity index (χ3n) is 7.09. The summed E-state index contributed by atoms with van der Waals surface area (Å²) in [6.45, 7) is 5.80. The highest BCUT2D eigenvalue weighted by Gasteiger charge is 2.53. The molecule has 3 heterocycles. The Morgan fingerprint density at radius 3 is 2.17 bits per heavy atom. The zero-order valence-electron chi connectivity index (χ0n) is 25.6. The van der Waals surface area contributed by atoms with Crippen LogP contribution >= 0.6 is 0 Å². The summed E-state index contributed by atoms with van der Waals surface area (Å²) in [5.41, 5.74) is 1.39. The van der Waals surface area contributed by atoms with Crippen molar-refractivity contribution in [2.75, 3.05) is 6.61 Å². The van der Waals surface area contributed by atoms with Crippen LogP contribution in [0.15, 0.2) is 63.8 Å². The molecule has 0 amide bonds. The summed E-state index contributed by atoms with van der Waals surface area (Å²) in [5, 5.41) is 1.18. The Balaban J connectivity index is 1.51. The van der Waals surface area contributed by atoms with Crippen molar-refractivity contribution >= 4 is 45.7 Å². The minimum Gasteiger partial charge on any atom is -0.463 e. The van der Waals surface area contributed by atoms with Crippen LogP contribution in [-0.4, -0.2) is 66.2 Å². The monoisotopic (exact) mass is 633 g/mol. The molecule has 0 saturated carbocycles. The molecular weight excluding hydrogens is 602 g/mol. The summed E-state index contributed by atoms with van der Waals surface area (Å²) in [4.78, 5) is 66.1. The first-order valence-corrected chi connectivity index (χ1v) is 14.3. The molecule has 0 unspecified atom stereocenters. The van der Waals surface area contributed by atoms with E-state index in [0.29, 0.717) is 17.0 Å². The fourth-order valence-electron chi connectivity index (χ4n) is 5.28. The minimum atomic E-state index is -1.45. The first-order valence-electron chi connectivity index (χ1n) is 14.3. The highest BCUT2D eigenvalue weighted by Crippen LogP contribution is 2.32. The van der Waals surface area contributed by atoms with E-state index >= 15 is 0 Å². The quantitative estimate of drug-likeness (QED) is 0.203. The van der Waals surface area contributed by atoms with Crippen LogP contribution in [0.1, 0.15) is 33.5 Å². The number of aryl methyl sites for hydroxylation is 1. The molecule has 0 spiro atoms. The van der Waals surface area contributed by atoms with Gasteiger partial charge in [0.1, 0.15) is 29.8 Å². The molecule has 1 saturated heterocycles. The Morgan fingerprint density at radius 1 is 0.804 bits per heavy atom. The van der Waals surface area contributed by atoms with Gasteiger partial charge >= 0.3 is 23.9 Å². The normalized spacial score (nSPS) is 20.9. The summed E-state index contributed by atoms with van der Waals surface area (Å²) < 4.78 is 39.5. The van der Waals surface area contributed by atoms with Gasteiger partial charge in [0.2, 0.25) is 17.8 Å². The topological polar surface area (TPSA) is 167 Å². The van der Waals surface area contributed by atoms with E-state index < -0.39 is 61.2 Å². The molecule has 5 rings (SSSR count). The van der Waals surface area contributed by atoms with Crippen molar-refractivity contribution in [3.63, 3.8) is 0 Å². The molecule has 46 heavy (non-hydrogen) atoms. The van der Waals surface area contributed by atoms with Crippen molar-refractivity contribution in [3.05, 3.63) is 70.6 Å². The van der Waals surface area contributed by atoms with Gasteiger partial charge in [-0.15, -0.1) is 0 Å². The SMILES string of the molecule is CC(=O)OC[C@@H]1O[C@H](Oc2ccc3c(=O)c(-c4ccc5ccccc5n4)c(C)oc3c2)[C@H](OC(C)=O)[C@@H](OC(C)=O)[C@@H]1OC(C)=O. The average molecular weight is 634 g/mol. The largest absolute Gasteiger partial charge is 0.463 e. The lowest BCUT2D eigenvalue weighted by molar-refractivity contribution is -0.288. The van der Waals surface area contributed by atoms with Crippen LogP contribution in [0.4, 0.5) is 0 Å². The maximum absolute atomic E-state index is 13.6. The number of benzene rings is 2. The van der Waals surface area contributed by atoms with E-state index in [1.54, 1.807) is 13.0 Å². The Hall–Kier alpha value is -5.30. The molecule has 2 aromatic carbocycles. The number of hydrogen-bond acceptors (Lipinski definition) is 13. The van der Waals surface area contributed by atoms with Crippen molar-refractivity contribution in [2.45, 2.75) is 65.3 Å². The number of rotatable bonds is 8. The molecule has 0 bridgehead atoms. The molecule has 4 aromatic rings. The number of hydrogen-bond donors (Lipinski definition) is 0. The lowest BCUT2D eigenvalue weighted by Gasteiger charge is -2.43. The predicted octanol–water partition coefficient (Wildman–Crippen LogP) is 3.78. The smallest absolute Gasteiger partial charge is 0.303 e. The molecule has 0 aliphatic carbocycles. The second kappa shape index (κ2) is 13.4. The molecule has 1 fully saturated rings. The molecule has 13 heteroatoms. The summed E-state index contributed by atoms with van der Waals surface area (Å²) in [5.74, 6) is -2.48. The van der Waals surface area contributed by atoms with E-state index in [9.17, 15) is 24.0 Å². The molecule has 1 aliphatic rings. The molecular formula is C33H31NO12. The zero-order valence-corrected chi connectivity index (χ0v) is 25.6. The maximum atomic E-state index is 13.6. The molecule has 13 nitrogen and oxygen atoms in total. The van der Waals surface area contributed by atoms with E-state index in [-0.39, 0.29) is 22.1 Å². The molecule has 240 valence electrons. The van der Waals surface area contributed by atoms with Gasteiger partial charge in [-0.1, -0.05) is 24.3 Å². The van der Waals surface area contributed by atoms with Crippen molar-refractivity contribution < 1.29 is 52.0 Å². The Kier molecular flexibility index (Phi) is 9.33. The van der Waals surface area contributed by atoms with Crippen LogP contribution in [0.2, 0.25) is 0 Å².